The van der Waals surface area contributed by atoms with Gasteiger partial charge in [0.15, 0.2) is 0 Å². The van der Waals surface area contributed by atoms with Gasteiger partial charge in [-0.05, 0) is 156 Å². The number of hydrogen-bond donors (Lipinski definition) is 0. The molecule has 2 heteroatoms. The van der Waals surface area contributed by atoms with E-state index in [0.29, 0.717) is 5.92 Å². The molecule has 0 bridgehead atoms. The van der Waals surface area contributed by atoms with E-state index in [2.05, 4.69) is 313 Å². The van der Waals surface area contributed by atoms with Crippen LogP contribution in [0.5, 0.6) is 0 Å². The summed E-state index contributed by atoms with van der Waals surface area (Å²) in [7, 11) is 0. The van der Waals surface area contributed by atoms with Crippen molar-refractivity contribution in [3.05, 3.63) is 331 Å². The lowest BCUT2D eigenvalue weighted by atomic mass is 9.68. The van der Waals surface area contributed by atoms with E-state index in [0.717, 1.165) is 22.6 Å². The lowest BCUT2D eigenvalue weighted by Crippen LogP contribution is -2.28. The lowest BCUT2D eigenvalue weighted by Gasteiger charge is -2.34. The SMILES string of the molecule is C1=CC2c3ccccc3N(c3ccc(-c4ccc(N(c5ccc(-c6cc(-c7ccccc7)cc(-c7ccccc7)c6)cc5)c5ccc(C6(c7ccccc7)c7ccccc7-c7ccccc76)cc5)cc4)cc3)C2C=C1. The fourth-order valence-corrected chi connectivity index (χ4v) is 12.4. The third-order valence-electron chi connectivity index (χ3n) is 15.9. The Morgan fingerprint density at radius 1 is 0.320 bits per heavy atom. The molecule has 11 aromatic carbocycles. The maximum Gasteiger partial charge on any atom is 0.0713 e. The first-order valence-corrected chi connectivity index (χ1v) is 26.1. The summed E-state index contributed by atoms with van der Waals surface area (Å²) in [5.41, 5.74) is 23.8. The van der Waals surface area contributed by atoms with Crippen molar-refractivity contribution >= 4 is 28.4 Å². The van der Waals surface area contributed by atoms with Crippen LogP contribution in [0.1, 0.15) is 33.7 Å². The maximum atomic E-state index is 2.50. The average molecular weight is 957 g/mol. The number of para-hydroxylation sites is 1. The van der Waals surface area contributed by atoms with Crippen LogP contribution in [0.15, 0.2) is 303 Å². The normalized spacial score (nSPS) is 15.4. The van der Waals surface area contributed by atoms with Crippen LogP contribution in [0.3, 0.4) is 0 Å². The Balaban J connectivity index is 0.853. The molecule has 0 N–H and O–H groups in total. The highest BCUT2D eigenvalue weighted by atomic mass is 15.2. The molecule has 1 aliphatic heterocycles. The molecule has 75 heavy (non-hydrogen) atoms. The van der Waals surface area contributed by atoms with E-state index in [4.69, 9.17) is 0 Å². The number of anilines is 5. The van der Waals surface area contributed by atoms with E-state index in [1.165, 1.54) is 89.3 Å². The van der Waals surface area contributed by atoms with Crippen molar-refractivity contribution in [2.24, 2.45) is 0 Å². The van der Waals surface area contributed by atoms with Gasteiger partial charge in [-0.15, -0.1) is 0 Å². The standard InChI is InChI=1S/C73H52N2/c1-4-18-51(19-5-1)56-48-57(52-20-6-2-7-21-52)50-58(49-56)55-36-42-62(43-37-55)74(61-40-32-53(33-41-61)54-34-44-64(45-35-54)75-71-30-16-12-26-67(71)68-27-13-17-31-72(68)75)63-46-38-60(39-47-63)73(59-22-8-3-9-23-59)69-28-14-10-24-65(69)66-25-11-15-29-70(66)73/h1-50,67,71H. The van der Waals surface area contributed by atoms with Gasteiger partial charge < -0.3 is 9.80 Å². The molecule has 2 nitrogen and oxygen atoms in total. The summed E-state index contributed by atoms with van der Waals surface area (Å²) in [6, 6.07) is 103. The van der Waals surface area contributed by atoms with E-state index >= 15 is 0 Å². The molecule has 2 aliphatic carbocycles. The van der Waals surface area contributed by atoms with Crippen molar-refractivity contribution in [3.8, 4) is 55.6 Å². The van der Waals surface area contributed by atoms with Crippen LogP contribution in [0, 0.1) is 0 Å². The van der Waals surface area contributed by atoms with Crippen LogP contribution in [0.4, 0.5) is 28.4 Å². The molecule has 2 atom stereocenters. The zero-order chi connectivity index (χ0) is 49.7. The van der Waals surface area contributed by atoms with Crippen molar-refractivity contribution in [1.29, 1.82) is 0 Å². The van der Waals surface area contributed by atoms with Crippen LogP contribution in [0.2, 0.25) is 0 Å². The van der Waals surface area contributed by atoms with E-state index in [1.54, 1.807) is 0 Å². The summed E-state index contributed by atoms with van der Waals surface area (Å²) in [4.78, 5) is 4.89. The summed E-state index contributed by atoms with van der Waals surface area (Å²) in [5, 5.41) is 0. The van der Waals surface area contributed by atoms with Crippen molar-refractivity contribution in [3.63, 3.8) is 0 Å². The van der Waals surface area contributed by atoms with Crippen molar-refractivity contribution < 1.29 is 0 Å². The topological polar surface area (TPSA) is 6.48 Å². The second-order valence-electron chi connectivity index (χ2n) is 20.0. The van der Waals surface area contributed by atoms with Gasteiger partial charge in [0.1, 0.15) is 0 Å². The molecule has 0 fully saturated rings. The highest BCUT2D eigenvalue weighted by Gasteiger charge is 2.46. The molecule has 0 amide bonds. The molecule has 14 rings (SSSR count). The number of fused-ring (bicyclic) bond motifs is 6. The predicted molar refractivity (Wildman–Crippen MR) is 314 cm³/mol. The molecule has 2 unspecified atom stereocenters. The zero-order valence-electron chi connectivity index (χ0n) is 41.4. The molecule has 0 spiro atoms. The molecule has 3 aliphatic rings. The first kappa shape index (κ1) is 44.2. The molecule has 0 saturated carbocycles. The molecule has 1 heterocycles. The molecule has 354 valence electrons. The Hall–Kier alpha value is -9.50. The van der Waals surface area contributed by atoms with Crippen molar-refractivity contribution in [2.75, 3.05) is 9.80 Å². The first-order chi connectivity index (χ1) is 37.2. The van der Waals surface area contributed by atoms with E-state index in [1.807, 2.05) is 0 Å². The largest absolute Gasteiger partial charge is 0.333 e. The number of rotatable bonds is 10. The smallest absolute Gasteiger partial charge is 0.0713 e. The fraction of sp³-hybridized carbons (Fsp3) is 0.0411. The second-order valence-corrected chi connectivity index (χ2v) is 20.0. The van der Waals surface area contributed by atoms with Crippen LogP contribution < -0.4 is 9.80 Å². The minimum atomic E-state index is -0.479. The summed E-state index contributed by atoms with van der Waals surface area (Å²) < 4.78 is 0. The predicted octanol–water partition coefficient (Wildman–Crippen LogP) is 18.9. The maximum absolute atomic E-state index is 2.50. The molecule has 0 aromatic heterocycles. The Morgan fingerprint density at radius 2 is 0.720 bits per heavy atom. The van der Waals surface area contributed by atoms with E-state index in [9.17, 15) is 0 Å². The summed E-state index contributed by atoms with van der Waals surface area (Å²) in [5.74, 6) is 0.355. The summed E-state index contributed by atoms with van der Waals surface area (Å²) >= 11 is 0. The summed E-state index contributed by atoms with van der Waals surface area (Å²) in [6.07, 6.45) is 9.04. The number of hydrogen-bond acceptors (Lipinski definition) is 2. The van der Waals surface area contributed by atoms with E-state index < -0.39 is 5.41 Å². The lowest BCUT2D eigenvalue weighted by molar-refractivity contribution is 0.745. The number of benzene rings is 11. The fourth-order valence-electron chi connectivity index (χ4n) is 12.4. The molecule has 11 aromatic rings. The minimum Gasteiger partial charge on any atom is -0.333 e. The highest BCUT2D eigenvalue weighted by molar-refractivity contribution is 5.88. The van der Waals surface area contributed by atoms with Gasteiger partial charge in [0.05, 0.1) is 11.5 Å². The Bertz CT molecular complexity index is 3810. The number of nitrogens with zero attached hydrogens (tertiary/aromatic N) is 2. The second kappa shape index (κ2) is 18.5. The van der Waals surface area contributed by atoms with Crippen LogP contribution in [-0.4, -0.2) is 6.04 Å². The minimum absolute atomic E-state index is 0.270. The average Bonchev–Trinajstić information content (AvgIpc) is 4.02. The van der Waals surface area contributed by atoms with E-state index in [-0.39, 0.29) is 6.04 Å². The van der Waals surface area contributed by atoms with Gasteiger partial charge in [0, 0.05) is 34.4 Å². The van der Waals surface area contributed by atoms with Gasteiger partial charge in [0.25, 0.3) is 0 Å². The monoisotopic (exact) mass is 956 g/mol. The van der Waals surface area contributed by atoms with Gasteiger partial charge in [0.2, 0.25) is 0 Å². The Kier molecular flexibility index (Phi) is 10.9. The summed E-state index contributed by atoms with van der Waals surface area (Å²) in [6.45, 7) is 0. The van der Waals surface area contributed by atoms with Gasteiger partial charge >= 0.3 is 0 Å². The third kappa shape index (κ3) is 7.56. The van der Waals surface area contributed by atoms with Gasteiger partial charge in [-0.25, -0.2) is 0 Å². The highest BCUT2D eigenvalue weighted by Crippen LogP contribution is 2.56. The van der Waals surface area contributed by atoms with Crippen molar-refractivity contribution in [1.82, 2.24) is 0 Å². The molecular formula is C73H52N2. The molecule has 0 saturated heterocycles. The zero-order valence-corrected chi connectivity index (χ0v) is 41.4. The van der Waals surface area contributed by atoms with Crippen molar-refractivity contribution in [2.45, 2.75) is 17.4 Å². The van der Waals surface area contributed by atoms with Crippen LogP contribution >= 0.6 is 0 Å². The molecular weight excluding hydrogens is 905 g/mol. The first-order valence-electron chi connectivity index (χ1n) is 26.1. The quantitative estimate of drug-likeness (QED) is 0.135. The van der Waals surface area contributed by atoms with Crippen LogP contribution in [0.25, 0.3) is 55.6 Å². The van der Waals surface area contributed by atoms with Crippen LogP contribution in [-0.2, 0) is 5.41 Å². The Labute approximate surface area is 440 Å². The third-order valence-corrected chi connectivity index (χ3v) is 15.9. The molecule has 0 radical (unpaired) electrons. The Morgan fingerprint density at radius 3 is 1.27 bits per heavy atom. The van der Waals surface area contributed by atoms with Gasteiger partial charge in [-0.2, -0.15) is 0 Å². The number of allylic oxidation sites excluding steroid dienone is 2. The van der Waals surface area contributed by atoms with Gasteiger partial charge in [-0.3, -0.25) is 0 Å². The van der Waals surface area contributed by atoms with Gasteiger partial charge in [-0.1, -0.05) is 231 Å².